The lowest BCUT2D eigenvalue weighted by molar-refractivity contribution is -0.187. The predicted octanol–water partition coefficient (Wildman–Crippen LogP) is 2.70. The fraction of sp³-hybridized carbons (Fsp3) is 0.867. The van der Waals surface area contributed by atoms with Crippen molar-refractivity contribution in [3.8, 4) is 0 Å². The van der Waals surface area contributed by atoms with Crippen LogP contribution in [0.1, 0.15) is 53.4 Å². The molecule has 0 aromatic rings. The molecule has 0 N–H and O–H groups in total. The Hall–Kier alpha value is -1.30. The largest absolute Gasteiger partial charge is 0.462 e. The average molecular weight is 301 g/mol. The van der Waals surface area contributed by atoms with Gasteiger partial charge in [0.2, 0.25) is 5.72 Å². The van der Waals surface area contributed by atoms with Gasteiger partial charge in [0, 0.05) is 20.1 Å². The van der Waals surface area contributed by atoms with E-state index in [1.807, 2.05) is 6.92 Å². The fourth-order valence-electron chi connectivity index (χ4n) is 2.28. The van der Waals surface area contributed by atoms with Crippen LogP contribution in [-0.4, -0.2) is 48.5 Å². The van der Waals surface area contributed by atoms with E-state index in [9.17, 15) is 9.59 Å². The molecule has 122 valence electrons. The molecular formula is C15H27NO5. The van der Waals surface area contributed by atoms with E-state index in [1.165, 1.54) is 12.0 Å². The number of esters is 1. The van der Waals surface area contributed by atoms with Crippen molar-refractivity contribution in [3.05, 3.63) is 0 Å². The molecule has 0 aliphatic carbocycles. The predicted molar refractivity (Wildman–Crippen MR) is 77.8 cm³/mol. The van der Waals surface area contributed by atoms with Gasteiger partial charge in [0.05, 0.1) is 6.61 Å². The van der Waals surface area contributed by atoms with Gasteiger partial charge < -0.3 is 14.2 Å². The molecule has 1 aliphatic rings. The molecule has 0 aromatic heterocycles. The normalized spacial score (nSPS) is 22.2. The highest BCUT2D eigenvalue weighted by atomic mass is 16.6. The van der Waals surface area contributed by atoms with Crippen molar-refractivity contribution in [1.82, 2.24) is 4.90 Å². The number of carbonyl (C=O) groups excluding carboxylic acids is 2. The summed E-state index contributed by atoms with van der Waals surface area (Å²) in [6.07, 6.45) is 2.28. The minimum absolute atomic E-state index is 0.336. The molecule has 0 spiro atoms. The molecule has 6 nitrogen and oxygen atoms in total. The van der Waals surface area contributed by atoms with Crippen LogP contribution >= 0.6 is 0 Å². The number of ether oxygens (including phenoxy) is 3. The SMILES string of the molecule is CCCCOC(=O)[C@]1(OC)CCCN1C(=O)OC(C)(C)C. The lowest BCUT2D eigenvalue weighted by atomic mass is 10.1. The molecule has 1 heterocycles. The Morgan fingerprint density at radius 2 is 1.95 bits per heavy atom. The van der Waals surface area contributed by atoms with Gasteiger partial charge in [0.1, 0.15) is 5.60 Å². The van der Waals surface area contributed by atoms with Gasteiger partial charge >= 0.3 is 12.1 Å². The van der Waals surface area contributed by atoms with Gasteiger partial charge in [-0.2, -0.15) is 0 Å². The first-order valence-corrected chi connectivity index (χ1v) is 7.50. The summed E-state index contributed by atoms with van der Waals surface area (Å²) in [7, 11) is 1.42. The van der Waals surface area contributed by atoms with Crippen LogP contribution in [0.3, 0.4) is 0 Å². The van der Waals surface area contributed by atoms with Crippen LogP contribution in [0.25, 0.3) is 0 Å². The van der Waals surface area contributed by atoms with Crippen LogP contribution in [0.2, 0.25) is 0 Å². The highest BCUT2D eigenvalue weighted by Crippen LogP contribution is 2.33. The monoisotopic (exact) mass is 301 g/mol. The Balaban J connectivity index is 2.82. The number of rotatable bonds is 5. The van der Waals surface area contributed by atoms with Crippen molar-refractivity contribution in [3.63, 3.8) is 0 Å². The Kier molecular flexibility index (Phi) is 6.01. The highest BCUT2D eigenvalue weighted by molar-refractivity contribution is 5.85. The molecule has 0 saturated carbocycles. The summed E-state index contributed by atoms with van der Waals surface area (Å²) >= 11 is 0. The molecule has 1 fully saturated rings. The van der Waals surface area contributed by atoms with Crippen molar-refractivity contribution in [2.24, 2.45) is 0 Å². The quantitative estimate of drug-likeness (QED) is 0.577. The van der Waals surface area contributed by atoms with Crippen LogP contribution in [-0.2, 0) is 19.0 Å². The summed E-state index contributed by atoms with van der Waals surface area (Å²) in [4.78, 5) is 26.0. The molecule has 0 radical (unpaired) electrons. The van der Waals surface area contributed by atoms with Crippen LogP contribution < -0.4 is 0 Å². The smallest absolute Gasteiger partial charge is 0.413 e. The van der Waals surface area contributed by atoms with Gasteiger partial charge in [-0.3, -0.25) is 4.90 Å². The van der Waals surface area contributed by atoms with E-state index in [0.29, 0.717) is 26.0 Å². The maximum atomic E-state index is 12.4. The van der Waals surface area contributed by atoms with Crippen molar-refractivity contribution < 1.29 is 23.8 Å². The van der Waals surface area contributed by atoms with E-state index in [1.54, 1.807) is 20.8 Å². The summed E-state index contributed by atoms with van der Waals surface area (Å²) in [6, 6.07) is 0. The zero-order chi connectivity index (χ0) is 16.1. The number of carbonyl (C=O) groups is 2. The van der Waals surface area contributed by atoms with Gasteiger partial charge in [-0.15, -0.1) is 0 Å². The third kappa shape index (κ3) is 4.33. The number of likely N-dealkylation sites (tertiary alicyclic amines) is 1. The number of amides is 1. The van der Waals surface area contributed by atoms with Gasteiger partial charge in [-0.25, -0.2) is 9.59 Å². The molecule has 1 atom stereocenters. The zero-order valence-corrected chi connectivity index (χ0v) is 13.7. The second kappa shape index (κ2) is 7.11. The summed E-state index contributed by atoms with van der Waals surface area (Å²) in [5.74, 6) is -0.512. The van der Waals surface area contributed by atoms with E-state index in [4.69, 9.17) is 14.2 Å². The lowest BCUT2D eigenvalue weighted by Crippen LogP contribution is -2.56. The second-order valence-corrected chi connectivity index (χ2v) is 6.21. The van der Waals surface area contributed by atoms with Gasteiger partial charge in [-0.1, -0.05) is 13.3 Å². The third-order valence-corrected chi connectivity index (χ3v) is 3.33. The highest BCUT2D eigenvalue weighted by Gasteiger charge is 2.53. The number of hydrogen-bond acceptors (Lipinski definition) is 5. The molecule has 1 rings (SSSR count). The standard InChI is InChI=1S/C15H27NO5/c1-6-7-11-20-12(17)15(19-5)9-8-10-16(15)13(18)21-14(2,3)4/h6-11H2,1-5H3/t15-/m1/s1. The van der Waals surface area contributed by atoms with Crippen molar-refractivity contribution in [2.75, 3.05) is 20.3 Å². The first-order valence-electron chi connectivity index (χ1n) is 7.50. The Morgan fingerprint density at radius 3 is 2.48 bits per heavy atom. The molecule has 1 amide bonds. The molecule has 1 saturated heterocycles. The minimum atomic E-state index is -1.35. The minimum Gasteiger partial charge on any atom is -0.462 e. The van der Waals surface area contributed by atoms with Crippen molar-refractivity contribution in [1.29, 1.82) is 0 Å². The van der Waals surface area contributed by atoms with Gasteiger partial charge in [0.25, 0.3) is 0 Å². The van der Waals surface area contributed by atoms with Crippen LogP contribution in [0.4, 0.5) is 4.79 Å². The van der Waals surface area contributed by atoms with E-state index in [-0.39, 0.29) is 0 Å². The van der Waals surface area contributed by atoms with E-state index < -0.39 is 23.4 Å². The first-order chi connectivity index (χ1) is 9.77. The number of methoxy groups -OCH3 is 1. The van der Waals surface area contributed by atoms with Crippen LogP contribution in [0, 0.1) is 0 Å². The molecule has 0 bridgehead atoms. The molecular weight excluding hydrogens is 274 g/mol. The summed E-state index contributed by atoms with van der Waals surface area (Å²) in [6.45, 7) is 8.13. The van der Waals surface area contributed by atoms with Gasteiger partial charge in [-0.05, 0) is 33.6 Å². The van der Waals surface area contributed by atoms with Gasteiger partial charge in [0.15, 0.2) is 0 Å². The maximum absolute atomic E-state index is 12.4. The van der Waals surface area contributed by atoms with E-state index >= 15 is 0 Å². The zero-order valence-electron chi connectivity index (χ0n) is 13.7. The average Bonchev–Trinajstić information content (AvgIpc) is 2.82. The molecule has 0 aromatic carbocycles. The lowest BCUT2D eigenvalue weighted by Gasteiger charge is -2.35. The van der Waals surface area contributed by atoms with Crippen molar-refractivity contribution >= 4 is 12.1 Å². The number of hydrogen-bond donors (Lipinski definition) is 0. The maximum Gasteiger partial charge on any atom is 0.413 e. The summed E-state index contributed by atoms with van der Waals surface area (Å²) < 4.78 is 16.0. The molecule has 1 aliphatic heterocycles. The van der Waals surface area contributed by atoms with Crippen molar-refractivity contribution in [2.45, 2.75) is 64.7 Å². The molecule has 6 heteroatoms. The molecule has 0 unspecified atom stereocenters. The van der Waals surface area contributed by atoms with E-state index in [0.717, 1.165) is 12.8 Å². The first kappa shape index (κ1) is 17.8. The third-order valence-electron chi connectivity index (χ3n) is 3.33. The number of nitrogens with zero attached hydrogens (tertiary/aromatic N) is 1. The Labute approximate surface area is 126 Å². The van der Waals surface area contributed by atoms with Crippen LogP contribution in [0.15, 0.2) is 0 Å². The van der Waals surface area contributed by atoms with Crippen LogP contribution in [0.5, 0.6) is 0 Å². The number of unbranched alkanes of at least 4 members (excludes halogenated alkanes) is 1. The molecule has 21 heavy (non-hydrogen) atoms. The topological polar surface area (TPSA) is 65.1 Å². The summed E-state index contributed by atoms with van der Waals surface area (Å²) in [5.41, 5.74) is -1.97. The summed E-state index contributed by atoms with van der Waals surface area (Å²) in [5, 5.41) is 0. The Morgan fingerprint density at radius 1 is 1.29 bits per heavy atom. The Bertz CT molecular complexity index is 377. The second-order valence-electron chi connectivity index (χ2n) is 6.21. The fourth-order valence-corrected chi connectivity index (χ4v) is 2.28. The van der Waals surface area contributed by atoms with E-state index in [2.05, 4.69) is 0 Å².